The van der Waals surface area contributed by atoms with Gasteiger partial charge in [0.1, 0.15) is 5.82 Å². The van der Waals surface area contributed by atoms with E-state index in [2.05, 4.69) is 25.8 Å². The third-order valence-electron chi connectivity index (χ3n) is 7.13. The first kappa shape index (κ1) is 24.9. The molecule has 0 spiro atoms. The van der Waals surface area contributed by atoms with Gasteiger partial charge in [0.25, 0.3) is 5.56 Å². The standard InChI is InChI=1S/C28H36N4O3/c1-6-22-24-27(34)30-25(19-11-8-18(9-12-19)10-17-23(33)35-7-2)31-32(24)26(29-22)20-13-15-21(16-14-20)28(3,4)5/h8-12,17,20-21H,6-7,13-16H2,1-5H3,(H,30,31,34). The highest BCUT2D eigenvalue weighted by molar-refractivity contribution is 5.87. The second-order valence-corrected chi connectivity index (χ2v) is 10.5. The van der Waals surface area contributed by atoms with E-state index in [1.165, 1.54) is 18.9 Å². The van der Waals surface area contributed by atoms with Gasteiger partial charge in [-0.2, -0.15) is 0 Å². The summed E-state index contributed by atoms with van der Waals surface area (Å²) in [5.41, 5.74) is 3.16. The summed E-state index contributed by atoms with van der Waals surface area (Å²) < 4.78 is 6.72. The number of ether oxygens (including phenoxy) is 1. The first-order chi connectivity index (χ1) is 16.7. The van der Waals surface area contributed by atoms with E-state index < -0.39 is 0 Å². The molecule has 1 aromatic carbocycles. The Hall–Kier alpha value is -3.22. The van der Waals surface area contributed by atoms with E-state index in [1.807, 2.05) is 31.2 Å². The molecular weight excluding hydrogens is 440 g/mol. The Bertz CT molecular complexity index is 1270. The number of nitrogens with one attached hydrogen (secondary N) is 1. The van der Waals surface area contributed by atoms with Crippen molar-refractivity contribution < 1.29 is 9.53 Å². The van der Waals surface area contributed by atoms with Gasteiger partial charge in [-0.25, -0.2) is 14.3 Å². The highest BCUT2D eigenvalue weighted by Gasteiger charge is 2.32. The molecule has 7 heteroatoms. The minimum absolute atomic E-state index is 0.166. The fourth-order valence-electron chi connectivity index (χ4n) is 5.06. The lowest BCUT2D eigenvalue weighted by Gasteiger charge is -2.36. The summed E-state index contributed by atoms with van der Waals surface area (Å²) >= 11 is 0. The Kier molecular flexibility index (Phi) is 7.24. The zero-order chi connectivity index (χ0) is 25.2. The average molecular weight is 477 g/mol. The van der Waals surface area contributed by atoms with E-state index in [0.29, 0.717) is 41.6 Å². The number of nitrogens with zero attached hydrogens (tertiary/aromatic N) is 3. The predicted octanol–water partition coefficient (Wildman–Crippen LogP) is 5.54. The van der Waals surface area contributed by atoms with E-state index in [9.17, 15) is 9.59 Å². The minimum Gasteiger partial charge on any atom is -0.463 e. The van der Waals surface area contributed by atoms with Crippen LogP contribution in [0.1, 0.15) is 83.3 Å². The number of imidazole rings is 1. The number of hydrogen-bond acceptors (Lipinski definition) is 5. The number of aromatic amines is 1. The van der Waals surface area contributed by atoms with Crippen molar-refractivity contribution in [1.82, 2.24) is 19.6 Å². The molecule has 1 fully saturated rings. The van der Waals surface area contributed by atoms with Crippen molar-refractivity contribution in [3.05, 3.63) is 57.8 Å². The molecule has 4 rings (SSSR count). The maximum absolute atomic E-state index is 13.1. The number of H-pyrrole nitrogens is 1. The Balaban J connectivity index is 1.65. The van der Waals surface area contributed by atoms with Crippen LogP contribution in [0, 0.1) is 11.3 Å². The van der Waals surface area contributed by atoms with Crippen LogP contribution in [0.2, 0.25) is 0 Å². The highest BCUT2D eigenvalue weighted by atomic mass is 16.5. The molecule has 1 N–H and O–H groups in total. The molecule has 0 unspecified atom stereocenters. The summed E-state index contributed by atoms with van der Waals surface area (Å²) in [5, 5.41) is 4.85. The first-order valence-corrected chi connectivity index (χ1v) is 12.7. The zero-order valence-corrected chi connectivity index (χ0v) is 21.4. The van der Waals surface area contributed by atoms with Crippen molar-refractivity contribution in [1.29, 1.82) is 0 Å². The number of carbonyl (C=O) groups excluding carboxylic acids is 1. The van der Waals surface area contributed by atoms with Gasteiger partial charge >= 0.3 is 5.97 Å². The Morgan fingerprint density at radius 3 is 2.43 bits per heavy atom. The maximum atomic E-state index is 13.1. The number of aryl methyl sites for hydroxylation is 1. The van der Waals surface area contributed by atoms with E-state index in [0.717, 1.165) is 35.5 Å². The molecule has 35 heavy (non-hydrogen) atoms. The van der Waals surface area contributed by atoms with Crippen molar-refractivity contribution in [3.63, 3.8) is 0 Å². The molecule has 1 aliphatic carbocycles. The van der Waals surface area contributed by atoms with E-state index in [-0.39, 0.29) is 11.5 Å². The van der Waals surface area contributed by atoms with Crippen LogP contribution in [-0.2, 0) is 16.0 Å². The van der Waals surface area contributed by atoms with Crippen LogP contribution < -0.4 is 5.56 Å². The van der Waals surface area contributed by atoms with Gasteiger partial charge in [0.05, 0.1) is 12.3 Å². The fraction of sp³-hybridized carbons (Fsp3) is 0.500. The second-order valence-electron chi connectivity index (χ2n) is 10.5. The maximum Gasteiger partial charge on any atom is 0.330 e. The molecule has 0 radical (unpaired) electrons. The lowest BCUT2D eigenvalue weighted by molar-refractivity contribution is -0.137. The summed E-state index contributed by atoms with van der Waals surface area (Å²) in [6.07, 6.45) is 8.26. The summed E-state index contributed by atoms with van der Waals surface area (Å²) in [6, 6.07) is 7.55. The number of rotatable bonds is 6. The van der Waals surface area contributed by atoms with Crippen molar-refractivity contribution in [2.45, 2.75) is 72.6 Å². The molecule has 186 valence electrons. The van der Waals surface area contributed by atoms with Gasteiger partial charge in [-0.05, 0) is 62.0 Å². The van der Waals surface area contributed by atoms with Crippen LogP contribution in [0.4, 0.5) is 0 Å². The Labute approximate surface area is 206 Å². The molecule has 2 heterocycles. The van der Waals surface area contributed by atoms with E-state index in [1.54, 1.807) is 17.5 Å². The Morgan fingerprint density at radius 1 is 1.14 bits per heavy atom. The van der Waals surface area contributed by atoms with Crippen LogP contribution in [-0.4, -0.2) is 32.2 Å². The van der Waals surface area contributed by atoms with Crippen LogP contribution in [0.5, 0.6) is 0 Å². The topological polar surface area (TPSA) is 89.3 Å². The second kappa shape index (κ2) is 10.2. The van der Waals surface area contributed by atoms with Gasteiger partial charge in [-0.1, -0.05) is 52.0 Å². The van der Waals surface area contributed by atoms with Gasteiger partial charge in [-0.15, -0.1) is 5.10 Å². The van der Waals surface area contributed by atoms with Crippen LogP contribution >= 0.6 is 0 Å². The van der Waals surface area contributed by atoms with Crippen LogP contribution in [0.25, 0.3) is 23.0 Å². The summed E-state index contributed by atoms with van der Waals surface area (Å²) in [5.74, 6) is 2.06. The molecule has 1 saturated carbocycles. The first-order valence-electron chi connectivity index (χ1n) is 12.7. The van der Waals surface area contributed by atoms with Gasteiger partial charge in [0.2, 0.25) is 0 Å². The van der Waals surface area contributed by atoms with E-state index >= 15 is 0 Å². The minimum atomic E-state index is -0.371. The summed E-state index contributed by atoms with van der Waals surface area (Å²) in [6.45, 7) is 11.1. The monoisotopic (exact) mass is 476 g/mol. The number of hydrogen-bond donors (Lipinski definition) is 1. The number of aromatic nitrogens is 4. The predicted molar refractivity (Wildman–Crippen MR) is 138 cm³/mol. The molecular formula is C28H36N4O3. The highest BCUT2D eigenvalue weighted by Crippen LogP contribution is 2.43. The zero-order valence-electron chi connectivity index (χ0n) is 21.4. The SMILES string of the molecule is CCOC(=O)C=Cc1ccc(-c2nn3c(C4CCC(C(C)(C)C)CC4)nc(CC)c3c(=O)[nH]2)cc1. The number of carbonyl (C=O) groups is 1. The summed E-state index contributed by atoms with van der Waals surface area (Å²) in [7, 11) is 0. The largest absolute Gasteiger partial charge is 0.463 e. The van der Waals surface area contributed by atoms with Crippen molar-refractivity contribution >= 4 is 17.6 Å². The molecule has 7 nitrogen and oxygen atoms in total. The average Bonchev–Trinajstić information content (AvgIpc) is 3.22. The molecule has 0 atom stereocenters. The molecule has 1 aliphatic rings. The van der Waals surface area contributed by atoms with Crippen molar-refractivity contribution in [3.8, 4) is 11.4 Å². The normalized spacial score (nSPS) is 18.9. The number of esters is 1. The summed E-state index contributed by atoms with van der Waals surface area (Å²) in [4.78, 5) is 32.5. The molecule has 0 amide bonds. The third-order valence-corrected chi connectivity index (χ3v) is 7.13. The molecule has 0 bridgehead atoms. The van der Waals surface area contributed by atoms with Gasteiger partial charge < -0.3 is 9.72 Å². The molecule has 0 aliphatic heterocycles. The number of benzene rings is 1. The molecule has 3 aromatic rings. The van der Waals surface area contributed by atoms with Crippen molar-refractivity contribution in [2.24, 2.45) is 11.3 Å². The lowest BCUT2D eigenvalue weighted by Crippen LogP contribution is -2.26. The third kappa shape index (κ3) is 5.39. The molecule has 0 saturated heterocycles. The lowest BCUT2D eigenvalue weighted by atomic mass is 9.70. The number of fused-ring (bicyclic) bond motifs is 1. The van der Waals surface area contributed by atoms with Crippen LogP contribution in [0.15, 0.2) is 35.1 Å². The Morgan fingerprint density at radius 2 is 1.83 bits per heavy atom. The quantitative estimate of drug-likeness (QED) is 0.372. The fourth-order valence-corrected chi connectivity index (χ4v) is 5.06. The smallest absolute Gasteiger partial charge is 0.330 e. The van der Waals surface area contributed by atoms with E-state index in [4.69, 9.17) is 14.8 Å². The van der Waals surface area contributed by atoms with Gasteiger partial charge in [0, 0.05) is 17.6 Å². The van der Waals surface area contributed by atoms with Crippen molar-refractivity contribution in [2.75, 3.05) is 6.61 Å². The molecule has 2 aromatic heterocycles. The van der Waals surface area contributed by atoms with Gasteiger partial charge in [0.15, 0.2) is 11.3 Å². The van der Waals surface area contributed by atoms with Crippen LogP contribution in [0.3, 0.4) is 0 Å². The van der Waals surface area contributed by atoms with Gasteiger partial charge in [-0.3, -0.25) is 4.79 Å².